The minimum absolute atomic E-state index is 0.167. The summed E-state index contributed by atoms with van der Waals surface area (Å²) in [5.41, 5.74) is 5.57. The van der Waals surface area contributed by atoms with Gasteiger partial charge in [0.15, 0.2) is 0 Å². The Morgan fingerprint density at radius 1 is 1.19 bits per heavy atom. The van der Waals surface area contributed by atoms with Crippen molar-refractivity contribution in [2.75, 3.05) is 6.61 Å². The van der Waals surface area contributed by atoms with E-state index >= 15 is 0 Å². The Hall–Kier alpha value is -0.560. The zero-order chi connectivity index (χ0) is 15.3. The van der Waals surface area contributed by atoms with Gasteiger partial charge in [-0.05, 0) is 73.2 Å². The molecule has 0 spiro atoms. The Bertz CT molecular complexity index is 470. The highest BCUT2D eigenvalue weighted by atomic mass is 16.3. The number of hydrogen-bond donors (Lipinski definition) is 1. The molecule has 0 aliphatic heterocycles. The summed E-state index contributed by atoms with van der Waals surface area (Å²) in [4.78, 5) is 0. The zero-order valence-corrected chi connectivity index (χ0v) is 14.2. The van der Waals surface area contributed by atoms with E-state index in [2.05, 4.69) is 27.4 Å². The molecule has 0 aromatic rings. The van der Waals surface area contributed by atoms with E-state index in [0.717, 1.165) is 11.5 Å². The lowest BCUT2D eigenvalue weighted by atomic mass is 9.48. The molecule has 21 heavy (non-hydrogen) atoms. The summed E-state index contributed by atoms with van der Waals surface area (Å²) < 4.78 is 0. The fraction of sp³-hybridized carbons (Fsp3) is 0.800. The monoisotopic (exact) mass is 288 g/mol. The van der Waals surface area contributed by atoms with Gasteiger partial charge in [-0.25, -0.2) is 0 Å². The molecule has 1 heteroatoms. The number of aliphatic hydroxyl groups is 1. The van der Waals surface area contributed by atoms with Crippen LogP contribution in [0.1, 0.15) is 72.1 Å². The largest absolute Gasteiger partial charge is 0.392 e. The van der Waals surface area contributed by atoms with Crippen molar-refractivity contribution in [3.63, 3.8) is 0 Å². The average molecular weight is 288 g/mol. The molecule has 3 unspecified atom stereocenters. The summed E-state index contributed by atoms with van der Waals surface area (Å²) in [5.74, 6) is 1.40. The van der Waals surface area contributed by atoms with Gasteiger partial charge >= 0.3 is 0 Å². The third kappa shape index (κ3) is 2.42. The van der Waals surface area contributed by atoms with Gasteiger partial charge in [0, 0.05) is 0 Å². The Labute approximate surface area is 130 Å². The maximum absolute atomic E-state index is 9.37. The van der Waals surface area contributed by atoms with Gasteiger partial charge in [-0.15, -0.1) is 0 Å². The number of allylic oxidation sites excluding steroid dienone is 2. The molecule has 0 aromatic carbocycles. The van der Waals surface area contributed by atoms with Crippen molar-refractivity contribution in [2.45, 2.75) is 72.1 Å². The van der Waals surface area contributed by atoms with E-state index in [-0.39, 0.29) is 6.61 Å². The van der Waals surface area contributed by atoms with Gasteiger partial charge < -0.3 is 5.11 Å². The predicted molar refractivity (Wildman–Crippen MR) is 89.1 cm³/mol. The molecule has 1 nitrogen and oxygen atoms in total. The van der Waals surface area contributed by atoms with E-state index in [0.29, 0.717) is 16.7 Å². The fourth-order valence-electron chi connectivity index (χ4n) is 5.95. The van der Waals surface area contributed by atoms with Gasteiger partial charge in [0.25, 0.3) is 0 Å². The number of hydrogen-bond acceptors (Lipinski definition) is 1. The van der Waals surface area contributed by atoms with Crippen LogP contribution in [0.25, 0.3) is 0 Å². The van der Waals surface area contributed by atoms with Crippen molar-refractivity contribution < 1.29 is 5.11 Å². The normalized spacial score (nSPS) is 38.7. The highest BCUT2D eigenvalue weighted by Gasteiger charge is 2.51. The Kier molecular flexibility index (Phi) is 3.84. The molecule has 3 atom stereocenters. The molecule has 0 bridgehead atoms. The minimum atomic E-state index is 0.167. The van der Waals surface area contributed by atoms with Gasteiger partial charge in [0.1, 0.15) is 0 Å². The second-order valence-electron chi connectivity index (χ2n) is 8.69. The summed E-state index contributed by atoms with van der Waals surface area (Å²) in [6, 6.07) is 0. The number of rotatable bonds is 2. The third-order valence-electron chi connectivity index (χ3n) is 7.10. The number of fused-ring (bicyclic) bond motifs is 2. The second-order valence-corrected chi connectivity index (χ2v) is 8.69. The second kappa shape index (κ2) is 5.26. The molecule has 1 N–H and O–H groups in total. The lowest BCUT2D eigenvalue weighted by molar-refractivity contribution is 0.00731. The van der Waals surface area contributed by atoms with Crippen LogP contribution in [0.3, 0.4) is 0 Å². The molecule has 1 saturated carbocycles. The summed E-state index contributed by atoms with van der Waals surface area (Å²) in [6.07, 6.45) is 10.5. The van der Waals surface area contributed by atoms with Gasteiger partial charge in [-0.1, -0.05) is 44.9 Å². The molecule has 1 fully saturated rings. The van der Waals surface area contributed by atoms with Crippen LogP contribution in [0, 0.1) is 22.7 Å². The smallest absolute Gasteiger partial charge is 0.0641 e. The SMILES string of the molecule is C=C(CO)C1CCC2=C(CCC3C(C)(C)CCCC23C)C1. The van der Waals surface area contributed by atoms with E-state index in [9.17, 15) is 5.11 Å². The molecule has 0 heterocycles. The highest BCUT2D eigenvalue weighted by Crippen LogP contribution is 2.62. The van der Waals surface area contributed by atoms with E-state index in [4.69, 9.17) is 0 Å². The number of aliphatic hydroxyl groups excluding tert-OH is 1. The van der Waals surface area contributed by atoms with Gasteiger partial charge in [-0.2, -0.15) is 0 Å². The van der Waals surface area contributed by atoms with E-state index in [1.54, 1.807) is 5.57 Å². The molecular formula is C20H32O. The molecule has 0 amide bonds. The molecule has 3 rings (SSSR count). The first-order valence-corrected chi connectivity index (χ1v) is 8.88. The molecular weight excluding hydrogens is 256 g/mol. The van der Waals surface area contributed by atoms with Crippen LogP contribution in [0.5, 0.6) is 0 Å². The topological polar surface area (TPSA) is 20.2 Å². The summed E-state index contributed by atoms with van der Waals surface area (Å²) in [5, 5.41) is 9.37. The maximum Gasteiger partial charge on any atom is 0.0641 e. The van der Waals surface area contributed by atoms with Crippen LogP contribution in [0.2, 0.25) is 0 Å². The minimum Gasteiger partial charge on any atom is -0.392 e. The molecule has 0 radical (unpaired) electrons. The van der Waals surface area contributed by atoms with Crippen LogP contribution in [0.15, 0.2) is 23.3 Å². The average Bonchev–Trinajstić information content (AvgIpc) is 2.45. The lowest BCUT2D eigenvalue weighted by Gasteiger charge is -2.56. The van der Waals surface area contributed by atoms with Crippen LogP contribution in [-0.2, 0) is 0 Å². The highest BCUT2D eigenvalue weighted by molar-refractivity contribution is 5.32. The van der Waals surface area contributed by atoms with E-state index in [1.807, 2.05) is 5.57 Å². The first kappa shape index (κ1) is 15.3. The Balaban J connectivity index is 1.90. The van der Waals surface area contributed by atoms with Crippen molar-refractivity contribution in [1.29, 1.82) is 0 Å². The molecule has 0 saturated heterocycles. The van der Waals surface area contributed by atoms with Crippen LogP contribution >= 0.6 is 0 Å². The molecule has 0 aromatic heterocycles. The van der Waals surface area contributed by atoms with Crippen molar-refractivity contribution in [1.82, 2.24) is 0 Å². The lowest BCUT2D eigenvalue weighted by Crippen LogP contribution is -2.46. The quantitative estimate of drug-likeness (QED) is 0.687. The summed E-state index contributed by atoms with van der Waals surface area (Å²) >= 11 is 0. The molecule has 118 valence electrons. The van der Waals surface area contributed by atoms with Crippen LogP contribution in [0.4, 0.5) is 0 Å². The molecule has 3 aliphatic rings. The zero-order valence-electron chi connectivity index (χ0n) is 14.2. The van der Waals surface area contributed by atoms with Gasteiger partial charge in [0.2, 0.25) is 0 Å². The fourth-order valence-corrected chi connectivity index (χ4v) is 5.95. The maximum atomic E-state index is 9.37. The van der Waals surface area contributed by atoms with Crippen LogP contribution < -0.4 is 0 Å². The summed E-state index contributed by atoms with van der Waals surface area (Å²) in [7, 11) is 0. The molecule has 3 aliphatic carbocycles. The van der Waals surface area contributed by atoms with Gasteiger partial charge in [0.05, 0.1) is 6.61 Å². The summed E-state index contributed by atoms with van der Waals surface area (Å²) in [6.45, 7) is 11.8. The Morgan fingerprint density at radius 3 is 2.67 bits per heavy atom. The van der Waals surface area contributed by atoms with Crippen molar-refractivity contribution in [3.05, 3.63) is 23.3 Å². The van der Waals surface area contributed by atoms with Crippen LogP contribution in [-0.4, -0.2) is 11.7 Å². The van der Waals surface area contributed by atoms with E-state index in [1.165, 1.54) is 51.4 Å². The Morgan fingerprint density at radius 2 is 1.95 bits per heavy atom. The predicted octanol–water partition coefficient (Wildman–Crippen LogP) is 5.26. The first-order chi connectivity index (χ1) is 9.88. The van der Waals surface area contributed by atoms with Crippen molar-refractivity contribution in [2.24, 2.45) is 22.7 Å². The standard InChI is InChI=1S/C20H32O/c1-14(13-21)15-6-8-17-16(12-15)7-9-18-19(2,3)10-5-11-20(17,18)4/h15,18,21H,1,5-13H2,2-4H3. The van der Waals surface area contributed by atoms with Gasteiger partial charge in [-0.3, -0.25) is 0 Å². The van der Waals surface area contributed by atoms with E-state index < -0.39 is 0 Å². The van der Waals surface area contributed by atoms with Crippen molar-refractivity contribution >= 4 is 0 Å². The van der Waals surface area contributed by atoms with Crippen molar-refractivity contribution in [3.8, 4) is 0 Å². The third-order valence-corrected chi connectivity index (χ3v) is 7.10. The first-order valence-electron chi connectivity index (χ1n) is 8.88.